The van der Waals surface area contributed by atoms with E-state index in [0.717, 1.165) is 41.6 Å². The van der Waals surface area contributed by atoms with E-state index in [1.165, 1.54) is 0 Å². The Morgan fingerprint density at radius 2 is 1.75 bits per heavy atom. The number of fused-ring (bicyclic) bond motifs is 1. The summed E-state index contributed by atoms with van der Waals surface area (Å²) in [6.07, 6.45) is 4.18. The average Bonchev–Trinajstić information content (AvgIpc) is 2.77. The van der Waals surface area contributed by atoms with E-state index in [9.17, 15) is 9.59 Å². The van der Waals surface area contributed by atoms with Crippen molar-refractivity contribution in [3.63, 3.8) is 0 Å². The maximum absolute atomic E-state index is 12.6. The average molecular weight is 337 g/mol. The van der Waals surface area contributed by atoms with Gasteiger partial charge in [0.2, 0.25) is 0 Å². The number of imidazole rings is 1. The number of halogens is 1. The van der Waals surface area contributed by atoms with E-state index in [1.807, 2.05) is 0 Å². The van der Waals surface area contributed by atoms with Crippen molar-refractivity contribution >= 4 is 32.7 Å². The summed E-state index contributed by atoms with van der Waals surface area (Å²) in [6, 6.07) is 3.57. The fourth-order valence-corrected chi connectivity index (χ4v) is 3.53. The number of nitrogens with one attached hydrogen (secondary N) is 2. The summed E-state index contributed by atoms with van der Waals surface area (Å²) >= 11 is 3.45. The van der Waals surface area contributed by atoms with E-state index in [4.69, 9.17) is 0 Å². The van der Waals surface area contributed by atoms with Crippen molar-refractivity contribution in [2.45, 2.75) is 32.6 Å². The highest BCUT2D eigenvalue weighted by Gasteiger charge is 2.26. The van der Waals surface area contributed by atoms with Crippen LogP contribution in [0.2, 0.25) is 0 Å². The third kappa shape index (κ3) is 2.46. The lowest BCUT2D eigenvalue weighted by Gasteiger charge is -2.25. The molecule has 1 heterocycles. The van der Waals surface area contributed by atoms with Gasteiger partial charge in [-0.15, -0.1) is 0 Å². The number of Topliss-reactive ketones (excluding diaryl/α,β-unsaturated/α-hetero) is 1. The molecular weight excluding hydrogens is 320 g/mol. The first-order valence-electron chi connectivity index (χ1n) is 7.00. The highest BCUT2D eigenvalue weighted by Crippen LogP contribution is 2.33. The van der Waals surface area contributed by atoms with Gasteiger partial charge in [-0.1, -0.05) is 19.8 Å². The van der Waals surface area contributed by atoms with Crippen LogP contribution in [0, 0.1) is 11.8 Å². The summed E-state index contributed by atoms with van der Waals surface area (Å²) in [5, 5.41) is 0. The van der Waals surface area contributed by atoms with Gasteiger partial charge in [0.15, 0.2) is 5.78 Å². The maximum atomic E-state index is 12.6. The number of benzene rings is 1. The normalized spacial score (nSPS) is 23.1. The predicted octanol–water partition coefficient (Wildman–Crippen LogP) is 3.63. The summed E-state index contributed by atoms with van der Waals surface area (Å²) in [5.41, 5.74) is 1.83. The largest absolute Gasteiger partial charge is 0.323 e. The summed E-state index contributed by atoms with van der Waals surface area (Å²) < 4.78 is 0.754. The molecule has 0 unspecified atom stereocenters. The van der Waals surface area contributed by atoms with Crippen molar-refractivity contribution in [1.82, 2.24) is 9.97 Å². The minimum absolute atomic E-state index is 0.116. The van der Waals surface area contributed by atoms with Gasteiger partial charge < -0.3 is 9.97 Å². The van der Waals surface area contributed by atoms with Gasteiger partial charge in [-0.05, 0) is 46.8 Å². The topological polar surface area (TPSA) is 65.7 Å². The fraction of sp³-hybridized carbons (Fsp3) is 0.467. The van der Waals surface area contributed by atoms with Crippen LogP contribution in [0.25, 0.3) is 11.0 Å². The van der Waals surface area contributed by atoms with Gasteiger partial charge in [0.1, 0.15) is 0 Å². The molecule has 106 valence electrons. The molecule has 0 bridgehead atoms. The standard InChI is InChI=1S/C15H17BrN2O2/c1-8-2-4-9(5-3-8)14(19)10-6-12-13(7-11(10)16)18-15(20)17-12/h6-9H,2-5H2,1H3,(H2,17,18,20). The minimum atomic E-state index is -0.247. The molecule has 0 spiro atoms. The van der Waals surface area contributed by atoms with E-state index in [2.05, 4.69) is 32.8 Å². The van der Waals surface area contributed by atoms with E-state index >= 15 is 0 Å². The molecule has 0 saturated heterocycles. The Morgan fingerprint density at radius 3 is 2.40 bits per heavy atom. The van der Waals surface area contributed by atoms with Gasteiger partial charge in [-0.2, -0.15) is 0 Å². The van der Waals surface area contributed by atoms with Crippen LogP contribution in [-0.2, 0) is 0 Å². The fourth-order valence-electron chi connectivity index (χ4n) is 2.99. The van der Waals surface area contributed by atoms with Crippen LogP contribution in [0.3, 0.4) is 0 Å². The first kappa shape index (κ1) is 13.6. The maximum Gasteiger partial charge on any atom is 0.323 e. The molecule has 5 heteroatoms. The second-order valence-electron chi connectivity index (χ2n) is 5.78. The van der Waals surface area contributed by atoms with Gasteiger partial charge in [-0.25, -0.2) is 4.79 Å². The summed E-state index contributed by atoms with van der Waals surface area (Å²) in [6.45, 7) is 2.24. The highest BCUT2D eigenvalue weighted by molar-refractivity contribution is 9.10. The summed E-state index contributed by atoms with van der Waals surface area (Å²) in [4.78, 5) is 29.4. The van der Waals surface area contributed by atoms with E-state index < -0.39 is 0 Å². The summed E-state index contributed by atoms with van der Waals surface area (Å²) in [7, 11) is 0. The molecule has 0 aliphatic heterocycles. The Labute approximate surface area is 125 Å². The molecule has 0 amide bonds. The van der Waals surface area contributed by atoms with E-state index in [1.54, 1.807) is 12.1 Å². The lowest BCUT2D eigenvalue weighted by atomic mass is 9.79. The Bertz CT molecular complexity index is 708. The molecule has 4 nitrogen and oxygen atoms in total. The molecule has 2 N–H and O–H groups in total. The molecule has 20 heavy (non-hydrogen) atoms. The van der Waals surface area contributed by atoms with E-state index in [0.29, 0.717) is 11.1 Å². The Balaban J connectivity index is 1.94. The van der Waals surface area contributed by atoms with E-state index in [-0.39, 0.29) is 17.4 Å². The zero-order valence-corrected chi connectivity index (χ0v) is 12.9. The van der Waals surface area contributed by atoms with Gasteiger partial charge in [0.25, 0.3) is 0 Å². The number of aromatic amines is 2. The zero-order valence-electron chi connectivity index (χ0n) is 11.3. The molecule has 0 atom stereocenters. The van der Waals surface area contributed by atoms with Gasteiger partial charge >= 0.3 is 5.69 Å². The predicted molar refractivity (Wildman–Crippen MR) is 82.1 cm³/mol. The van der Waals surface area contributed by atoms with Crippen LogP contribution in [0.5, 0.6) is 0 Å². The molecule has 0 radical (unpaired) electrons. The highest BCUT2D eigenvalue weighted by atomic mass is 79.9. The van der Waals surface area contributed by atoms with Crippen molar-refractivity contribution < 1.29 is 4.79 Å². The van der Waals surface area contributed by atoms with Crippen LogP contribution < -0.4 is 5.69 Å². The lowest BCUT2D eigenvalue weighted by Crippen LogP contribution is -2.21. The van der Waals surface area contributed by atoms with Crippen molar-refractivity contribution in [2.75, 3.05) is 0 Å². The third-order valence-electron chi connectivity index (χ3n) is 4.26. The second-order valence-corrected chi connectivity index (χ2v) is 6.63. The van der Waals surface area contributed by atoms with Crippen LogP contribution in [0.4, 0.5) is 0 Å². The number of hydrogen-bond acceptors (Lipinski definition) is 2. The number of aromatic nitrogens is 2. The lowest BCUT2D eigenvalue weighted by molar-refractivity contribution is 0.0875. The number of rotatable bonds is 2. The summed E-state index contributed by atoms with van der Waals surface area (Å²) in [5.74, 6) is 1.03. The van der Waals surface area contributed by atoms with Crippen molar-refractivity contribution in [3.8, 4) is 0 Å². The Hall–Kier alpha value is -1.36. The molecule has 1 saturated carbocycles. The van der Waals surface area contributed by atoms with Crippen LogP contribution in [-0.4, -0.2) is 15.8 Å². The quantitative estimate of drug-likeness (QED) is 0.822. The molecular formula is C15H17BrN2O2. The van der Waals surface area contributed by atoms with Gasteiger partial charge in [-0.3, -0.25) is 4.79 Å². The number of ketones is 1. The number of carbonyl (C=O) groups is 1. The van der Waals surface area contributed by atoms with Gasteiger partial charge in [0, 0.05) is 16.0 Å². The smallest absolute Gasteiger partial charge is 0.306 e. The van der Waals surface area contributed by atoms with Crippen molar-refractivity contribution in [1.29, 1.82) is 0 Å². The van der Waals surface area contributed by atoms with Gasteiger partial charge in [0.05, 0.1) is 11.0 Å². The Morgan fingerprint density at radius 1 is 1.15 bits per heavy atom. The van der Waals surface area contributed by atoms with Crippen LogP contribution >= 0.6 is 15.9 Å². The molecule has 1 fully saturated rings. The number of carbonyl (C=O) groups excluding carboxylic acids is 1. The molecule has 2 aromatic rings. The molecule has 3 rings (SSSR count). The monoisotopic (exact) mass is 336 g/mol. The van der Waals surface area contributed by atoms with Crippen molar-refractivity contribution in [3.05, 3.63) is 32.7 Å². The SMILES string of the molecule is CC1CCC(C(=O)c2cc3[nH]c(=O)[nH]c3cc2Br)CC1. The molecule has 1 aromatic carbocycles. The first-order valence-corrected chi connectivity index (χ1v) is 7.79. The minimum Gasteiger partial charge on any atom is -0.306 e. The number of H-pyrrole nitrogens is 2. The van der Waals surface area contributed by atoms with Crippen LogP contribution in [0.1, 0.15) is 43.0 Å². The zero-order chi connectivity index (χ0) is 14.3. The van der Waals surface area contributed by atoms with Crippen molar-refractivity contribution in [2.24, 2.45) is 11.8 Å². The third-order valence-corrected chi connectivity index (χ3v) is 4.91. The molecule has 1 aliphatic rings. The molecule has 1 aliphatic carbocycles. The van der Waals surface area contributed by atoms with Crippen LogP contribution in [0.15, 0.2) is 21.4 Å². The molecule has 1 aromatic heterocycles. The second kappa shape index (κ2) is 5.20. The first-order chi connectivity index (χ1) is 9.54. The number of hydrogen-bond donors (Lipinski definition) is 2. The Kier molecular flexibility index (Phi) is 3.54.